The normalized spacial score (nSPS) is 16.7. The predicted octanol–water partition coefficient (Wildman–Crippen LogP) is 1.78. The number of hydrogen-bond donors (Lipinski definition) is 1. The van der Waals surface area contributed by atoms with Crippen LogP contribution in [0, 0.1) is 11.6 Å². The number of sulfonamides is 1. The number of halogens is 2. The second kappa shape index (κ2) is 7.89. The van der Waals surface area contributed by atoms with Gasteiger partial charge in [-0.15, -0.1) is 0 Å². The van der Waals surface area contributed by atoms with E-state index in [2.05, 4.69) is 5.32 Å². The maximum atomic E-state index is 13.8. The van der Waals surface area contributed by atoms with Crippen LogP contribution in [0.5, 0.6) is 0 Å². The minimum atomic E-state index is -4.14. The van der Waals surface area contributed by atoms with Gasteiger partial charge in [0.2, 0.25) is 10.0 Å². The van der Waals surface area contributed by atoms with Crippen LogP contribution in [0.4, 0.5) is 13.6 Å². The van der Waals surface area contributed by atoms with Gasteiger partial charge in [-0.3, -0.25) is 0 Å². The Morgan fingerprint density at radius 2 is 1.96 bits per heavy atom. The molecule has 134 valence electrons. The van der Waals surface area contributed by atoms with Crippen LogP contribution in [0.3, 0.4) is 0 Å². The molecule has 1 aliphatic rings. The molecular weight excluding hydrogens is 340 g/mol. The lowest BCUT2D eigenvalue weighted by Gasteiger charge is -2.22. The lowest BCUT2D eigenvalue weighted by molar-refractivity contribution is 0.200. The highest BCUT2D eigenvalue weighted by molar-refractivity contribution is 7.89. The van der Waals surface area contributed by atoms with Crippen molar-refractivity contribution in [2.75, 3.05) is 32.7 Å². The molecular formula is C15H21F2N3O3S. The molecule has 0 atom stereocenters. The van der Waals surface area contributed by atoms with E-state index in [0.29, 0.717) is 25.6 Å². The molecule has 0 unspecified atom stereocenters. The van der Waals surface area contributed by atoms with E-state index in [1.165, 1.54) is 4.90 Å². The number of carbonyl (C=O) groups is 1. The summed E-state index contributed by atoms with van der Waals surface area (Å²) in [6.45, 7) is 3.28. The Morgan fingerprint density at radius 1 is 1.21 bits per heavy atom. The summed E-state index contributed by atoms with van der Waals surface area (Å²) in [4.78, 5) is 12.8. The average molecular weight is 361 g/mol. The third kappa shape index (κ3) is 4.21. The van der Waals surface area contributed by atoms with Crippen LogP contribution in [0.25, 0.3) is 0 Å². The van der Waals surface area contributed by atoms with E-state index in [-0.39, 0.29) is 25.7 Å². The van der Waals surface area contributed by atoms with Gasteiger partial charge < -0.3 is 10.2 Å². The lowest BCUT2D eigenvalue weighted by atomic mass is 10.3. The molecule has 1 fully saturated rings. The van der Waals surface area contributed by atoms with Crippen LogP contribution < -0.4 is 5.32 Å². The van der Waals surface area contributed by atoms with Gasteiger partial charge in [-0.2, -0.15) is 4.31 Å². The number of amides is 2. The second-order valence-electron chi connectivity index (χ2n) is 5.55. The van der Waals surface area contributed by atoms with E-state index >= 15 is 0 Å². The standard InChI is InChI=1S/C15H21F2N3O3S/c1-2-6-18-15(21)19-7-3-8-20(10-9-19)24(22,23)14-11-12(16)4-5-13(14)17/h4-5,11H,2-3,6-10H2,1H3,(H,18,21). The van der Waals surface area contributed by atoms with Crippen LogP contribution in [0.1, 0.15) is 19.8 Å². The van der Waals surface area contributed by atoms with Crippen molar-refractivity contribution in [3.63, 3.8) is 0 Å². The first kappa shape index (κ1) is 18.6. The number of rotatable bonds is 4. The summed E-state index contributed by atoms with van der Waals surface area (Å²) in [6.07, 6.45) is 1.23. The maximum Gasteiger partial charge on any atom is 0.317 e. The molecule has 6 nitrogen and oxygen atoms in total. The Kier molecular flexibility index (Phi) is 6.11. The summed E-state index contributed by atoms with van der Waals surface area (Å²) in [5.41, 5.74) is 0. The Bertz CT molecular complexity index is 697. The van der Waals surface area contributed by atoms with Crippen LogP contribution in [-0.2, 0) is 10.0 Å². The van der Waals surface area contributed by atoms with E-state index in [1.54, 1.807) is 0 Å². The van der Waals surface area contributed by atoms with Crippen LogP contribution in [0.15, 0.2) is 23.1 Å². The summed E-state index contributed by atoms with van der Waals surface area (Å²) >= 11 is 0. The molecule has 1 aliphatic heterocycles. The Hall–Kier alpha value is -1.74. The van der Waals surface area contributed by atoms with Crippen LogP contribution in [-0.4, -0.2) is 56.4 Å². The van der Waals surface area contributed by atoms with Gasteiger partial charge in [0.15, 0.2) is 0 Å². The molecule has 0 aliphatic carbocycles. The van der Waals surface area contributed by atoms with Gasteiger partial charge in [-0.25, -0.2) is 22.0 Å². The van der Waals surface area contributed by atoms with Crippen molar-refractivity contribution < 1.29 is 22.0 Å². The highest BCUT2D eigenvalue weighted by atomic mass is 32.2. The Labute approximate surface area is 140 Å². The fraction of sp³-hybridized carbons (Fsp3) is 0.533. The SMILES string of the molecule is CCCNC(=O)N1CCCN(S(=O)(=O)c2cc(F)ccc2F)CC1. The summed E-state index contributed by atoms with van der Waals surface area (Å²) in [7, 11) is -4.14. The first-order valence-corrected chi connectivity index (χ1v) is 9.28. The summed E-state index contributed by atoms with van der Waals surface area (Å²) in [5.74, 6) is -1.80. The van der Waals surface area contributed by atoms with E-state index in [1.807, 2.05) is 6.92 Å². The topological polar surface area (TPSA) is 69.7 Å². The molecule has 1 aromatic carbocycles. The van der Waals surface area contributed by atoms with Crippen LogP contribution >= 0.6 is 0 Å². The third-order valence-corrected chi connectivity index (χ3v) is 5.69. The zero-order valence-corrected chi connectivity index (χ0v) is 14.3. The molecule has 0 aromatic heterocycles. The summed E-state index contributed by atoms with van der Waals surface area (Å²) in [5, 5.41) is 2.74. The number of benzene rings is 1. The predicted molar refractivity (Wildman–Crippen MR) is 85.0 cm³/mol. The quantitative estimate of drug-likeness (QED) is 0.889. The maximum absolute atomic E-state index is 13.8. The first-order chi connectivity index (χ1) is 11.4. The summed E-state index contributed by atoms with van der Waals surface area (Å²) < 4.78 is 53.3. The molecule has 9 heteroatoms. The van der Waals surface area contributed by atoms with Gasteiger partial charge >= 0.3 is 6.03 Å². The van der Waals surface area contributed by atoms with Gasteiger partial charge in [0.1, 0.15) is 16.5 Å². The molecule has 2 amide bonds. The molecule has 1 saturated heterocycles. The van der Waals surface area contributed by atoms with Crippen molar-refractivity contribution in [2.24, 2.45) is 0 Å². The number of hydrogen-bond acceptors (Lipinski definition) is 3. The third-order valence-electron chi connectivity index (χ3n) is 3.78. The fourth-order valence-electron chi connectivity index (χ4n) is 2.49. The van der Waals surface area contributed by atoms with E-state index in [4.69, 9.17) is 0 Å². The van der Waals surface area contributed by atoms with Crippen molar-refractivity contribution in [1.82, 2.24) is 14.5 Å². The van der Waals surface area contributed by atoms with Crippen molar-refractivity contribution >= 4 is 16.1 Å². The largest absolute Gasteiger partial charge is 0.338 e. The van der Waals surface area contributed by atoms with Crippen molar-refractivity contribution in [3.8, 4) is 0 Å². The van der Waals surface area contributed by atoms with Crippen molar-refractivity contribution in [1.29, 1.82) is 0 Å². The van der Waals surface area contributed by atoms with Gasteiger partial charge in [0.25, 0.3) is 0 Å². The highest BCUT2D eigenvalue weighted by Gasteiger charge is 2.30. The monoisotopic (exact) mass is 361 g/mol. The van der Waals surface area contributed by atoms with E-state index in [0.717, 1.165) is 22.9 Å². The summed E-state index contributed by atoms with van der Waals surface area (Å²) in [6, 6.07) is 2.11. The number of nitrogens with one attached hydrogen (secondary N) is 1. The molecule has 2 rings (SSSR count). The minimum Gasteiger partial charge on any atom is -0.338 e. The number of nitrogens with zero attached hydrogens (tertiary/aromatic N) is 2. The lowest BCUT2D eigenvalue weighted by Crippen LogP contribution is -2.42. The van der Waals surface area contributed by atoms with Gasteiger partial charge in [-0.05, 0) is 31.0 Å². The van der Waals surface area contributed by atoms with E-state index < -0.39 is 26.6 Å². The highest BCUT2D eigenvalue weighted by Crippen LogP contribution is 2.21. The number of carbonyl (C=O) groups excluding carboxylic acids is 1. The van der Waals surface area contributed by atoms with Gasteiger partial charge in [-0.1, -0.05) is 6.92 Å². The Balaban J connectivity index is 2.12. The van der Waals surface area contributed by atoms with Gasteiger partial charge in [0, 0.05) is 32.7 Å². The smallest absolute Gasteiger partial charge is 0.317 e. The minimum absolute atomic E-state index is 0.0395. The molecule has 24 heavy (non-hydrogen) atoms. The number of urea groups is 1. The average Bonchev–Trinajstić information content (AvgIpc) is 2.81. The molecule has 0 bridgehead atoms. The van der Waals surface area contributed by atoms with Crippen molar-refractivity contribution in [2.45, 2.75) is 24.7 Å². The first-order valence-electron chi connectivity index (χ1n) is 7.84. The molecule has 0 spiro atoms. The Morgan fingerprint density at radius 3 is 2.67 bits per heavy atom. The molecule has 1 aromatic rings. The molecule has 0 saturated carbocycles. The fourth-order valence-corrected chi connectivity index (χ4v) is 4.04. The van der Waals surface area contributed by atoms with Crippen molar-refractivity contribution in [3.05, 3.63) is 29.8 Å². The van der Waals surface area contributed by atoms with Gasteiger partial charge in [0.05, 0.1) is 0 Å². The molecule has 1 heterocycles. The zero-order chi connectivity index (χ0) is 17.7. The second-order valence-corrected chi connectivity index (χ2v) is 7.46. The van der Waals surface area contributed by atoms with Crippen LogP contribution in [0.2, 0.25) is 0 Å². The molecule has 0 radical (unpaired) electrons. The zero-order valence-electron chi connectivity index (χ0n) is 13.5. The molecule has 1 N–H and O–H groups in total. The van der Waals surface area contributed by atoms with E-state index in [9.17, 15) is 22.0 Å².